The predicted octanol–water partition coefficient (Wildman–Crippen LogP) is 3.03. The highest BCUT2D eigenvalue weighted by Crippen LogP contribution is 2.23. The molecule has 0 aliphatic heterocycles. The van der Waals surface area contributed by atoms with Gasteiger partial charge in [-0.25, -0.2) is 9.97 Å². The molecule has 0 atom stereocenters. The molecule has 2 amide bonds. The Kier molecular flexibility index (Phi) is 7.02. The summed E-state index contributed by atoms with van der Waals surface area (Å²) in [6.07, 6.45) is 1.48. The van der Waals surface area contributed by atoms with Gasteiger partial charge in [-0.1, -0.05) is 30.0 Å². The van der Waals surface area contributed by atoms with Gasteiger partial charge in [0.25, 0.3) is 5.91 Å². The fourth-order valence-corrected chi connectivity index (χ4v) is 3.67. The van der Waals surface area contributed by atoms with Crippen molar-refractivity contribution in [3.63, 3.8) is 0 Å². The van der Waals surface area contributed by atoms with Gasteiger partial charge in [0.1, 0.15) is 11.4 Å². The Morgan fingerprint density at radius 1 is 0.966 bits per heavy atom. The second-order valence-electron chi connectivity index (χ2n) is 6.21. The van der Waals surface area contributed by atoms with Crippen molar-refractivity contribution in [2.75, 3.05) is 23.7 Å². The molecule has 2 N–H and O–H groups in total. The fraction of sp³-hybridized carbons (Fsp3) is 0.238. The van der Waals surface area contributed by atoms with E-state index in [1.165, 1.54) is 18.1 Å². The Bertz CT molecular complexity index is 985. The number of hydrazine groups is 1. The molecule has 0 saturated carbocycles. The molecule has 0 aliphatic carbocycles. The summed E-state index contributed by atoms with van der Waals surface area (Å²) < 4.78 is 0. The van der Waals surface area contributed by atoms with Crippen molar-refractivity contribution in [3.05, 3.63) is 60.4 Å². The number of fused-ring (bicyclic) bond motifs is 1. The Morgan fingerprint density at radius 3 is 2.41 bits per heavy atom. The number of rotatable bonds is 7. The fourth-order valence-electron chi connectivity index (χ4n) is 2.88. The van der Waals surface area contributed by atoms with Gasteiger partial charge >= 0.3 is 0 Å². The third-order valence-corrected chi connectivity index (χ3v) is 5.43. The van der Waals surface area contributed by atoms with E-state index in [9.17, 15) is 9.59 Å². The van der Waals surface area contributed by atoms with Crippen molar-refractivity contribution in [1.29, 1.82) is 0 Å². The minimum Gasteiger partial charge on any atom is -0.372 e. The van der Waals surface area contributed by atoms with E-state index < -0.39 is 0 Å². The van der Waals surface area contributed by atoms with Crippen molar-refractivity contribution >= 4 is 40.2 Å². The molecule has 0 radical (unpaired) electrons. The highest BCUT2D eigenvalue weighted by atomic mass is 32.2. The van der Waals surface area contributed by atoms with Crippen LogP contribution >= 0.6 is 11.8 Å². The average molecular weight is 410 g/mol. The van der Waals surface area contributed by atoms with Crippen molar-refractivity contribution in [1.82, 2.24) is 20.8 Å². The lowest BCUT2D eigenvalue weighted by Gasteiger charge is -2.21. The second kappa shape index (κ2) is 9.88. The number of carbonyl (C=O) groups excluding carboxylic acids is 2. The molecule has 0 aliphatic rings. The first kappa shape index (κ1) is 20.6. The van der Waals surface area contributed by atoms with Crippen LogP contribution in [0.5, 0.6) is 0 Å². The summed E-state index contributed by atoms with van der Waals surface area (Å²) in [7, 11) is 0. The molecule has 3 rings (SSSR count). The maximum atomic E-state index is 12.3. The van der Waals surface area contributed by atoms with Gasteiger partial charge < -0.3 is 4.90 Å². The van der Waals surface area contributed by atoms with E-state index in [0.717, 1.165) is 34.7 Å². The van der Waals surface area contributed by atoms with Gasteiger partial charge in [-0.15, -0.1) is 0 Å². The number of anilines is 1. The van der Waals surface area contributed by atoms with Gasteiger partial charge in [0, 0.05) is 29.7 Å². The topological polar surface area (TPSA) is 87.2 Å². The molecule has 150 valence electrons. The van der Waals surface area contributed by atoms with Crippen LogP contribution in [-0.2, 0) is 4.79 Å². The maximum Gasteiger partial charge on any atom is 0.269 e. The number of aromatic nitrogens is 2. The number of nitrogens with zero attached hydrogens (tertiary/aromatic N) is 3. The summed E-state index contributed by atoms with van der Waals surface area (Å²) in [6, 6.07) is 14.9. The molecular weight excluding hydrogens is 386 g/mol. The van der Waals surface area contributed by atoms with Crippen LogP contribution in [0, 0.1) is 0 Å². The number of amides is 2. The van der Waals surface area contributed by atoms with Crippen molar-refractivity contribution in [2.45, 2.75) is 18.9 Å². The number of thioether (sulfide) groups is 1. The lowest BCUT2D eigenvalue weighted by molar-refractivity contribution is -0.119. The zero-order valence-corrected chi connectivity index (χ0v) is 17.2. The van der Waals surface area contributed by atoms with Crippen LogP contribution in [0.2, 0.25) is 0 Å². The SMILES string of the molecule is CCN(CC)c1ccc(C(=O)NNC(=O)CSc2ncnc3ccccc23)cc1. The molecule has 3 aromatic rings. The lowest BCUT2D eigenvalue weighted by atomic mass is 10.2. The third-order valence-electron chi connectivity index (χ3n) is 4.42. The van der Waals surface area contributed by atoms with Crippen LogP contribution in [0.15, 0.2) is 59.9 Å². The average Bonchev–Trinajstić information content (AvgIpc) is 2.77. The Balaban J connectivity index is 1.52. The molecular formula is C21H23N5O2S. The first-order valence-electron chi connectivity index (χ1n) is 9.39. The number of carbonyl (C=O) groups is 2. The number of hydrogen-bond acceptors (Lipinski definition) is 6. The lowest BCUT2D eigenvalue weighted by Crippen LogP contribution is -2.42. The molecule has 0 saturated heterocycles. The second-order valence-corrected chi connectivity index (χ2v) is 7.17. The van der Waals surface area contributed by atoms with E-state index in [2.05, 4.69) is 39.6 Å². The predicted molar refractivity (Wildman–Crippen MR) is 116 cm³/mol. The van der Waals surface area contributed by atoms with Gasteiger partial charge in [0.15, 0.2) is 0 Å². The molecule has 2 aromatic carbocycles. The molecule has 0 bridgehead atoms. The third kappa shape index (κ3) is 5.23. The summed E-state index contributed by atoms with van der Waals surface area (Å²) in [4.78, 5) is 35.0. The van der Waals surface area contributed by atoms with Gasteiger partial charge in [-0.05, 0) is 44.2 Å². The smallest absolute Gasteiger partial charge is 0.269 e. The van der Waals surface area contributed by atoms with E-state index in [-0.39, 0.29) is 17.6 Å². The monoisotopic (exact) mass is 409 g/mol. The molecule has 0 spiro atoms. The summed E-state index contributed by atoms with van der Waals surface area (Å²) in [6.45, 7) is 5.97. The number of para-hydroxylation sites is 1. The molecule has 1 aromatic heterocycles. The number of nitrogens with one attached hydrogen (secondary N) is 2. The van der Waals surface area contributed by atoms with Gasteiger partial charge in [0.2, 0.25) is 5.91 Å². The summed E-state index contributed by atoms with van der Waals surface area (Å²) >= 11 is 1.30. The quantitative estimate of drug-likeness (QED) is 0.354. The van der Waals surface area contributed by atoms with Crippen LogP contribution in [-0.4, -0.2) is 40.6 Å². The van der Waals surface area contributed by atoms with Crippen LogP contribution in [0.3, 0.4) is 0 Å². The first-order chi connectivity index (χ1) is 14.1. The van der Waals surface area contributed by atoms with Crippen LogP contribution < -0.4 is 15.8 Å². The van der Waals surface area contributed by atoms with Gasteiger partial charge in [-0.3, -0.25) is 20.4 Å². The van der Waals surface area contributed by atoms with Crippen LogP contribution in [0.4, 0.5) is 5.69 Å². The van der Waals surface area contributed by atoms with E-state index >= 15 is 0 Å². The van der Waals surface area contributed by atoms with Crippen molar-refractivity contribution in [3.8, 4) is 0 Å². The van der Waals surface area contributed by atoms with Crippen molar-refractivity contribution in [2.24, 2.45) is 0 Å². The molecule has 29 heavy (non-hydrogen) atoms. The normalized spacial score (nSPS) is 10.6. The minimum atomic E-state index is -0.359. The van der Waals surface area contributed by atoms with Crippen molar-refractivity contribution < 1.29 is 9.59 Å². The van der Waals surface area contributed by atoms with E-state index in [1.807, 2.05) is 36.4 Å². The minimum absolute atomic E-state index is 0.127. The molecule has 0 unspecified atom stereocenters. The highest BCUT2D eigenvalue weighted by molar-refractivity contribution is 8.00. The van der Waals surface area contributed by atoms with Gasteiger partial charge in [-0.2, -0.15) is 0 Å². The summed E-state index contributed by atoms with van der Waals surface area (Å²) in [5.74, 6) is -0.546. The zero-order chi connectivity index (χ0) is 20.6. The Labute approximate surface area is 173 Å². The molecule has 0 fully saturated rings. The first-order valence-corrected chi connectivity index (χ1v) is 10.4. The number of benzene rings is 2. The molecule has 8 heteroatoms. The Morgan fingerprint density at radius 2 is 1.69 bits per heavy atom. The maximum absolute atomic E-state index is 12.3. The van der Waals surface area contributed by atoms with E-state index in [4.69, 9.17) is 0 Å². The standard InChI is InChI=1S/C21H23N5O2S/c1-3-26(4-2)16-11-9-15(10-12-16)20(28)25-24-19(27)13-29-21-17-7-5-6-8-18(17)22-14-23-21/h5-12,14H,3-4,13H2,1-2H3,(H,24,27)(H,25,28). The highest BCUT2D eigenvalue weighted by Gasteiger charge is 2.10. The largest absolute Gasteiger partial charge is 0.372 e. The Hall–Kier alpha value is -3.13. The summed E-state index contributed by atoms with van der Waals surface area (Å²) in [5, 5.41) is 1.62. The molecule has 1 heterocycles. The summed E-state index contributed by atoms with van der Waals surface area (Å²) in [5.41, 5.74) is 7.26. The van der Waals surface area contributed by atoms with E-state index in [0.29, 0.717) is 5.56 Å². The zero-order valence-electron chi connectivity index (χ0n) is 16.4. The van der Waals surface area contributed by atoms with E-state index in [1.54, 1.807) is 12.1 Å². The van der Waals surface area contributed by atoms with Crippen LogP contribution in [0.1, 0.15) is 24.2 Å². The number of hydrogen-bond donors (Lipinski definition) is 2. The van der Waals surface area contributed by atoms with Gasteiger partial charge in [0.05, 0.1) is 11.3 Å². The van der Waals surface area contributed by atoms with Crippen LogP contribution in [0.25, 0.3) is 10.9 Å². The molecule has 7 nitrogen and oxygen atoms in total.